The standard InChI is InChI=1S/C20H20N2O4S/c1-12-9-17(14(3)27-12)18(23)7-8-19(24)26-13(2)20(25)22-16-6-4-5-15(10-16)11-21/h4-6,9-10,13H,7-8H2,1-3H3,(H,22,25)/t13-/m1/s1. The number of hydrogen-bond donors (Lipinski definition) is 1. The summed E-state index contributed by atoms with van der Waals surface area (Å²) in [6, 6.07) is 10.2. The van der Waals surface area contributed by atoms with E-state index in [2.05, 4.69) is 5.32 Å². The topological polar surface area (TPSA) is 96.3 Å². The molecule has 1 aromatic carbocycles. The molecule has 7 heteroatoms. The lowest BCUT2D eigenvalue weighted by atomic mass is 10.1. The Morgan fingerprint density at radius 3 is 2.59 bits per heavy atom. The first kappa shape index (κ1) is 20.3. The van der Waals surface area contributed by atoms with Crippen molar-refractivity contribution in [3.63, 3.8) is 0 Å². The van der Waals surface area contributed by atoms with Gasteiger partial charge in [0, 0.05) is 27.4 Å². The van der Waals surface area contributed by atoms with Crippen LogP contribution in [0.3, 0.4) is 0 Å². The number of benzene rings is 1. The van der Waals surface area contributed by atoms with Crippen molar-refractivity contribution in [2.24, 2.45) is 0 Å². The summed E-state index contributed by atoms with van der Waals surface area (Å²) in [6.45, 7) is 5.25. The number of nitrogens with one attached hydrogen (secondary N) is 1. The predicted molar refractivity (Wildman–Crippen MR) is 103 cm³/mol. The number of nitrogens with zero attached hydrogens (tertiary/aromatic N) is 1. The average Bonchev–Trinajstić information content (AvgIpc) is 2.98. The van der Waals surface area contributed by atoms with E-state index in [9.17, 15) is 14.4 Å². The number of Topliss-reactive ketones (excluding diaryl/α,β-unsaturated/α-hetero) is 1. The van der Waals surface area contributed by atoms with E-state index in [1.807, 2.05) is 26.0 Å². The molecule has 1 heterocycles. The first-order chi connectivity index (χ1) is 12.8. The highest BCUT2D eigenvalue weighted by molar-refractivity contribution is 7.12. The minimum absolute atomic E-state index is 0.0361. The second-order valence-corrected chi connectivity index (χ2v) is 7.52. The number of aryl methyl sites for hydroxylation is 2. The van der Waals surface area contributed by atoms with Crippen molar-refractivity contribution >= 4 is 34.7 Å². The molecule has 6 nitrogen and oxygen atoms in total. The van der Waals surface area contributed by atoms with Gasteiger partial charge in [-0.3, -0.25) is 14.4 Å². The van der Waals surface area contributed by atoms with Crippen LogP contribution in [-0.2, 0) is 14.3 Å². The van der Waals surface area contributed by atoms with E-state index in [1.165, 1.54) is 24.3 Å². The Morgan fingerprint density at radius 2 is 1.96 bits per heavy atom. The summed E-state index contributed by atoms with van der Waals surface area (Å²) in [6.07, 6.45) is -1.06. The van der Waals surface area contributed by atoms with E-state index in [4.69, 9.17) is 10.00 Å². The van der Waals surface area contributed by atoms with Crippen LogP contribution >= 0.6 is 11.3 Å². The average molecular weight is 384 g/mol. The van der Waals surface area contributed by atoms with E-state index in [-0.39, 0.29) is 18.6 Å². The molecule has 0 radical (unpaired) electrons. The normalized spacial score (nSPS) is 11.3. The van der Waals surface area contributed by atoms with Crippen molar-refractivity contribution in [3.05, 3.63) is 51.2 Å². The molecule has 0 spiro atoms. The molecule has 27 heavy (non-hydrogen) atoms. The highest BCUT2D eigenvalue weighted by Crippen LogP contribution is 2.22. The number of nitriles is 1. The van der Waals surface area contributed by atoms with Crippen molar-refractivity contribution in [1.82, 2.24) is 0 Å². The van der Waals surface area contributed by atoms with E-state index < -0.39 is 18.0 Å². The number of amides is 1. The largest absolute Gasteiger partial charge is 0.453 e. The molecular formula is C20H20N2O4S. The maximum absolute atomic E-state index is 12.2. The number of esters is 1. The zero-order chi connectivity index (χ0) is 20.0. The molecule has 0 fully saturated rings. The smallest absolute Gasteiger partial charge is 0.307 e. The molecular weight excluding hydrogens is 364 g/mol. The molecule has 140 valence electrons. The number of hydrogen-bond acceptors (Lipinski definition) is 6. The van der Waals surface area contributed by atoms with Crippen molar-refractivity contribution in [2.75, 3.05) is 5.32 Å². The lowest BCUT2D eigenvalue weighted by molar-refractivity contribution is -0.153. The third-order valence-electron chi connectivity index (χ3n) is 3.83. The van der Waals surface area contributed by atoms with Gasteiger partial charge in [-0.1, -0.05) is 6.07 Å². The summed E-state index contributed by atoms with van der Waals surface area (Å²) in [5, 5.41) is 11.5. The van der Waals surface area contributed by atoms with Gasteiger partial charge in [0.1, 0.15) is 0 Å². The Balaban J connectivity index is 1.83. The fourth-order valence-corrected chi connectivity index (χ4v) is 3.42. The van der Waals surface area contributed by atoms with Crippen molar-refractivity contribution in [3.8, 4) is 6.07 Å². The molecule has 2 aromatic rings. The van der Waals surface area contributed by atoms with Crippen LogP contribution in [0.4, 0.5) is 5.69 Å². The zero-order valence-corrected chi connectivity index (χ0v) is 16.2. The molecule has 1 aromatic heterocycles. The van der Waals surface area contributed by atoms with Crippen LogP contribution in [-0.4, -0.2) is 23.8 Å². The molecule has 0 aliphatic carbocycles. The first-order valence-corrected chi connectivity index (χ1v) is 9.22. The van der Waals surface area contributed by atoms with Gasteiger partial charge in [-0.25, -0.2) is 0 Å². The van der Waals surface area contributed by atoms with Gasteiger partial charge in [-0.05, 0) is 45.0 Å². The number of carbonyl (C=O) groups is 3. The zero-order valence-electron chi connectivity index (χ0n) is 15.4. The molecule has 2 rings (SSSR count). The number of rotatable bonds is 7. The van der Waals surface area contributed by atoms with Gasteiger partial charge in [0.25, 0.3) is 5.91 Å². The lowest BCUT2D eigenvalue weighted by Gasteiger charge is -2.13. The molecule has 0 saturated carbocycles. The van der Waals surface area contributed by atoms with E-state index in [1.54, 1.807) is 18.2 Å². The SMILES string of the molecule is Cc1cc(C(=O)CCC(=O)O[C@H](C)C(=O)Nc2cccc(C#N)c2)c(C)s1. The number of ketones is 1. The predicted octanol–water partition coefficient (Wildman–Crippen LogP) is 3.77. The highest BCUT2D eigenvalue weighted by Gasteiger charge is 2.20. The summed E-state index contributed by atoms with van der Waals surface area (Å²) in [5.41, 5.74) is 1.49. The molecule has 1 atom stereocenters. The Hall–Kier alpha value is -2.98. The van der Waals surface area contributed by atoms with Gasteiger partial charge in [0.15, 0.2) is 11.9 Å². The van der Waals surface area contributed by atoms with Gasteiger partial charge in [0.2, 0.25) is 0 Å². The van der Waals surface area contributed by atoms with Gasteiger partial charge in [-0.2, -0.15) is 5.26 Å². The van der Waals surface area contributed by atoms with Gasteiger partial charge in [0.05, 0.1) is 18.1 Å². The van der Waals surface area contributed by atoms with Crippen LogP contribution in [0.5, 0.6) is 0 Å². The maximum Gasteiger partial charge on any atom is 0.307 e. The minimum Gasteiger partial charge on any atom is -0.453 e. The Bertz CT molecular complexity index is 911. The second kappa shape index (κ2) is 9.10. The number of anilines is 1. The van der Waals surface area contributed by atoms with Crippen LogP contribution in [0.2, 0.25) is 0 Å². The monoisotopic (exact) mass is 384 g/mol. The van der Waals surface area contributed by atoms with Crippen LogP contribution in [0.25, 0.3) is 0 Å². The molecule has 0 bridgehead atoms. The van der Waals surface area contributed by atoms with Crippen LogP contribution in [0.15, 0.2) is 30.3 Å². The number of ether oxygens (including phenoxy) is 1. The van der Waals surface area contributed by atoms with Crippen molar-refractivity contribution in [1.29, 1.82) is 5.26 Å². The van der Waals surface area contributed by atoms with Crippen molar-refractivity contribution in [2.45, 2.75) is 39.7 Å². The Morgan fingerprint density at radius 1 is 1.22 bits per heavy atom. The second-order valence-electron chi connectivity index (χ2n) is 6.06. The molecule has 1 N–H and O–H groups in total. The van der Waals surface area contributed by atoms with E-state index in [0.29, 0.717) is 16.8 Å². The van der Waals surface area contributed by atoms with Gasteiger partial charge >= 0.3 is 5.97 Å². The summed E-state index contributed by atoms with van der Waals surface area (Å²) < 4.78 is 5.10. The fourth-order valence-electron chi connectivity index (χ4n) is 2.48. The van der Waals surface area contributed by atoms with Crippen LogP contribution < -0.4 is 5.32 Å². The van der Waals surface area contributed by atoms with Crippen LogP contribution in [0, 0.1) is 25.2 Å². The third kappa shape index (κ3) is 5.76. The fraction of sp³-hybridized carbons (Fsp3) is 0.300. The molecule has 1 amide bonds. The third-order valence-corrected chi connectivity index (χ3v) is 4.80. The van der Waals surface area contributed by atoms with Gasteiger partial charge in [-0.15, -0.1) is 11.3 Å². The summed E-state index contributed by atoms with van der Waals surface area (Å²) in [5.74, 6) is -1.23. The quantitative estimate of drug-likeness (QED) is 0.579. The molecule has 0 saturated heterocycles. The van der Waals surface area contributed by atoms with Crippen molar-refractivity contribution < 1.29 is 19.1 Å². The maximum atomic E-state index is 12.2. The molecule has 0 aliphatic heterocycles. The van der Waals surface area contributed by atoms with E-state index >= 15 is 0 Å². The Kier molecular flexibility index (Phi) is 6.85. The minimum atomic E-state index is -1.01. The van der Waals surface area contributed by atoms with Gasteiger partial charge < -0.3 is 10.1 Å². The Labute approximate surface area is 161 Å². The number of thiophene rings is 1. The summed E-state index contributed by atoms with van der Waals surface area (Å²) in [4.78, 5) is 38.2. The highest BCUT2D eigenvalue weighted by atomic mass is 32.1. The lowest BCUT2D eigenvalue weighted by Crippen LogP contribution is -2.30. The van der Waals surface area contributed by atoms with Crippen LogP contribution in [0.1, 0.15) is 45.4 Å². The first-order valence-electron chi connectivity index (χ1n) is 8.41. The number of carbonyl (C=O) groups excluding carboxylic acids is 3. The summed E-state index contributed by atoms with van der Waals surface area (Å²) in [7, 11) is 0. The summed E-state index contributed by atoms with van der Waals surface area (Å²) >= 11 is 1.54. The van der Waals surface area contributed by atoms with E-state index in [0.717, 1.165) is 9.75 Å². The molecule has 0 unspecified atom stereocenters. The molecule has 0 aliphatic rings.